The number of ether oxygens (including phenoxy) is 2. The first-order valence-corrected chi connectivity index (χ1v) is 24.8. The molecular formula is C50H99NO5. The molecule has 0 atom stereocenters. The summed E-state index contributed by atoms with van der Waals surface area (Å²) in [5.74, 6) is -0.0170. The number of carbonyl (C=O) groups excluding carboxylic acids is 2. The first-order chi connectivity index (χ1) is 27.0. The molecule has 0 heterocycles. The number of hydrogen-bond donors (Lipinski definition) is 1. The number of aliphatic hydroxyl groups is 1. The SMILES string of the molecule is CCCCCCCCOC(=O)C(C)(C)CCCCCCCN(CCCCO)CCCCCCC(C)(C)C(=O)OC(CCCCCCCC)CCCCCCCC. The molecule has 0 fully saturated rings. The highest BCUT2D eigenvalue weighted by atomic mass is 16.5. The van der Waals surface area contributed by atoms with Gasteiger partial charge in [-0.15, -0.1) is 0 Å². The van der Waals surface area contributed by atoms with E-state index in [1.54, 1.807) is 0 Å². The van der Waals surface area contributed by atoms with Crippen LogP contribution in [0.4, 0.5) is 0 Å². The van der Waals surface area contributed by atoms with E-state index >= 15 is 0 Å². The van der Waals surface area contributed by atoms with Crippen molar-refractivity contribution in [3.05, 3.63) is 0 Å². The number of rotatable bonds is 43. The van der Waals surface area contributed by atoms with Gasteiger partial charge in [0.15, 0.2) is 0 Å². The lowest BCUT2D eigenvalue weighted by atomic mass is 9.86. The van der Waals surface area contributed by atoms with E-state index in [2.05, 4.69) is 39.5 Å². The number of esters is 2. The number of carbonyl (C=O) groups is 2. The lowest BCUT2D eigenvalue weighted by molar-refractivity contribution is -0.161. The van der Waals surface area contributed by atoms with E-state index in [-0.39, 0.29) is 24.6 Å². The minimum absolute atomic E-state index is 0.0135. The summed E-state index contributed by atoms with van der Waals surface area (Å²) in [6.07, 6.45) is 38.9. The highest BCUT2D eigenvalue weighted by molar-refractivity contribution is 5.76. The highest BCUT2D eigenvalue weighted by Crippen LogP contribution is 2.29. The van der Waals surface area contributed by atoms with Crippen molar-refractivity contribution in [2.75, 3.05) is 32.8 Å². The summed E-state index contributed by atoms with van der Waals surface area (Å²) in [4.78, 5) is 28.7. The molecule has 0 amide bonds. The van der Waals surface area contributed by atoms with Crippen LogP contribution in [0.15, 0.2) is 0 Å². The fourth-order valence-corrected chi connectivity index (χ4v) is 7.80. The summed E-state index contributed by atoms with van der Waals surface area (Å²) in [6, 6.07) is 0. The molecule has 0 aliphatic rings. The second-order valence-electron chi connectivity index (χ2n) is 18.8. The van der Waals surface area contributed by atoms with Gasteiger partial charge in [0.1, 0.15) is 6.10 Å². The molecule has 0 rings (SSSR count). The molecule has 0 saturated heterocycles. The van der Waals surface area contributed by atoms with Crippen molar-refractivity contribution < 1.29 is 24.2 Å². The molecule has 0 spiro atoms. The first-order valence-electron chi connectivity index (χ1n) is 24.8. The van der Waals surface area contributed by atoms with Crippen LogP contribution < -0.4 is 0 Å². The molecule has 0 saturated carbocycles. The molecule has 0 radical (unpaired) electrons. The predicted octanol–water partition coefficient (Wildman–Crippen LogP) is 14.7. The Kier molecular flexibility index (Phi) is 37.3. The highest BCUT2D eigenvalue weighted by Gasteiger charge is 2.31. The van der Waals surface area contributed by atoms with Gasteiger partial charge in [-0.1, -0.05) is 162 Å². The largest absolute Gasteiger partial charge is 0.465 e. The van der Waals surface area contributed by atoms with Gasteiger partial charge in [-0.3, -0.25) is 9.59 Å². The van der Waals surface area contributed by atoms with E-state index in [9.17, 15) is 14.7 Å². The Hall–Kier alpha value is -1.14. The van der Waals surface area contributed by atoms with E-state index in [4.69, 9.17) is 9.47 Å². The van der Waals surface area contributed by atoms with Crippen molar-refractivity contribution >= 4 is 11.9 Å². The van der Waals surface area contributed by atoms with Crippen LogP contribution >= 0.6 is 0 Å². The van der Waals surface area contributed by atoms with Gasteiger partial charge >= 0.3 is 11.9 Å². The van der Waals surface area contributed by atoms with Gasteiger partial charge in [-0.2, -0.15) is 0 Å². The summed E-state index contributed by atoms with van der Waals surface area (Å²) in [7, 11) is 0. The van der Waals surface area contributed by atoms with Crippen molar-refractivity contribution in [1.29, 1.82) is 0 Å². The third kappa shape index (κ3) is 32.8. The molecule has 6 heteroatoms. The molecule has 0 bridgehead atoms. The Bertz CT molecular complexity index is 858. The fourth-order valence-electron chi connectivity index (χ4n) is 7.80. The minimum atomic E-state index is -0.427. The van der Waals surface area contributed by atoms with Crippen molar-refractivity contribution in [2.24, 2.45) is 10.8 Å². The fraction of sp³-hybridized carbons (Fsp3) is 0.960. The normalized spacial score (nSPS) is 12.2. The average molecular weight is 794 g/mol. The zero-order valence-corrected chi connectivity index (χ0v) is 39.0. The maximum absolute atomic E-state index is 13.4. The van der Waals surface area contributed by atoms with Crippen LogP contribution in [0.2, 0.25) is 0 Å². The van der Waals surface area contributed by atoms with Crippen molar-refractivity contribution in [1.82, 2.24) is 4.90 Å². The van der Waals surface area contributed by atoms with E-state index in [0.717, 1.165) is 90.3 Å². The third-order valence-electron chi connectivity index (χ3n) is 12.1. The van der Waals surface area contributed by atoms with Crippen LogP contribution in [-0.2, 0) is 19.1 Å². The van der Waals surface area contributed by atoms with Crippen molar-refractivity contribution in [2.45, 2.75) is 266 Å². The molecule has 0 aromatic heterocycles. The average Bonchev–Trinajstić information content (AvgIpc) is 3.17. The molecule has 0 unspecified atom stereocenters. The van der Waals surface area contributed by atoms with Gasteiger partial charge in [0, 0.05) is 6.61 Å². The zero-order valence-electron chi connectivity index (χ0n) is 39.0. The lowest BCUT2D eigenvalue weighted by Gasteiger charge is -2.27. The van der Waals surface area contributed by atoms with Crippen LogP contribution in [0, 0.1) is 10.8 Å². The molecule has 0 aliphatic carbocycles. The quantitative estimate of drug-likeness (QED) is 0.0489. The molecule has 0 aliphatic heterocycles. The van der Waals surface area contributed by atoms with Crippen LogP contribution in [0.25, 0.3) is 0 Å². The number of nitrogens with zero attached hydrogens (tertiary/aromatic N) is 1. The number of hydrogen-bond acceptors (Lipinski definition) is 6. The number of aliphatic hydroxyl groups excluding tert-OH is 1. The Morgan fingerprint density at radius 3 is 1.27 bits per heavy atom. The second kappa shape index (κ2) is 38.1. The van der Waals surface area contributed by atoms with E-state index in [1.807, 2.05) is 13.8 Å². The Labute approximate surface area is 350 Å². The molecule has 6 nitrogen and oxygen atoms in total. The smallest absolute Gasteiger partial charge is 0.311 e. The molecule has 1 N–H and O–H groups in total. The van der Waals surface area contributed by atoms with Crippen molar-refractivity contribution in [3.63, 3.8) is 0 Å². The van der Waals surface area contributed by atoms with Gasteiger partial charge in [0.25, 0.3) is 0 Å². The summed E-state index contributed by atoms with van der Waals surface area (Å²) >= 11 is 0. The summed E-state index contributed by atoms with van der Waals surface area (Å²) in [5.41, 5.74) is -0.823. The van der Waals surface area contributed by atoms with Crippen LogP contribution in [-0.4, -0.2) is 60.9 Å². The minimum Gasteiger partial charge on any atom is -0.465 e. The maximum Gasteiger partial charge on any atom is 0.311 e. The zero-order chi connectivity index (χ0) is 41.6. The van der Waals surface area contributed by atoms with Gasteiger partial charge in [-0.25, -0.2) is 0 Å². The summed E-state index contributed by atoms with van der Waals surface area (Å²) in [5, 5.41) is 9.35. The Morgan fingerprint density at radius 1 is 0.464 bits per heavy atom. The molecule has 334 valence electrons. The third-order valence-corrected chi connectivity index (χ3v) is 12.1. The second-order valence-corrected chi connectivity index (χ2v) is 18.8. The maximum atomic E-state index is 13.4. The predicted molar refractivity (Wildman–Crippen MR) is 241 cm³/mol. The van der Waals surface area contributed by atoms with E-state index < -0.39 is 10.8 Å². The van der Waals surface area contributed by atoms with Crippen molar-refractivity contribution in [3.8, 4) is 0 Å². The molecular weight excluding hydrogens is 695 g/mol. The Morgan fingerprint density at radius 2 is 0.821 bits per heavy atom. The lowest BCUT2D eigenvalue weighted by Crippen LogP contribution is -2.31. The summed E-state index contributed by atoms with van der Waals surface area (Å²) in [6.45, 7) is 19.2. The van der Waals surface area contributed by atoms with E-state index in [1.165, 1.54) is 141 Å². The summed E-state index contributed by atoms with van der Waals surface area (Å²) < 4.78 is 11.9. The monoisotopic (exact) mass is 794 g/mol. The van der Waals surface area contributed by atoms with Gasteiger partial charge in [-0.05, 0) is 118 Å². The Balaban J connectivity index is 4.45. The van der Waals surface area contributed by atoms with E-state index in [0.29, 0.717) is 6.61 Å². The first kappa shape index (κ1) is 54.9. The van der Waals surface area contributed by atoms with Gasteiger partial charge in [0.05, 0.1) is 17.4 Å². The molecule has 0 aromatic carbocycles. The van der Waals surface area contributed by atoms with Crippen LogP contribution in [0.1, 0.15) is 260 Å². The van der Waals surface area contributed by atoms with Crippen LogP contribution in [0.5, 0.6) is 0 Å². The molecule has 0 aromatic rings. The van der Waals surface area contributed by atoms with Crippen LogP contribution in [0.3, 0.4) is 0 Å². The van der Waals surface area contributed by atoms with Gasteiger partial charge in [0.2, 0.25) is 0 Å². The molecule has 56 heavy (non-hydrogen) atoms. The standard InChI is InChI=1S/C50H99NO5/c1-8-11-14-17-21-28-37-46(38-29-22-18-15-12-9-2)56-48(54)50(6,7)40-31-24-26-33-42-51(43-34-35-44-52)41-32-25-20-23-30-39-49(4,5)47(53)55-45-36-27-19-16-13-10-3/h46,52H,8-45H2,1-7H3. The van der Waals surface area contributed by atoms with Gasteiger partial charge < -0.3 is 19.5 Å². The number of unbranched alkanes of at least 4 members (excludes halogenated alkanes) is 23. The topological polar surface area (TPSA) is 76.1 Å².